The molecule has 0 aromatic rings. The average Bonchev–Trinajstić information content (AvgIpc) is 2.32. The van der Waals surface area contributed by atoms with Gasteiger partial charge in [-0.15, -0.1) is 0 Å². The fraction of sp³-hybridized carbons (Fsp3) is 0.538. The molecule has 1 N–H and O–H groups in total. The van der Waals surface area contributed by atoms with E-state index in [1.54, 1.807) is 0 Å². The molecule has 0 spiro atoms. The molecule has 1 unspecified atom stereocenters. The minimum atomic E-state index is 0.687. The van der Waals surface area contributed by atoms with E-state index in [0.717, 1.165) is 6.54 Å². The van der Waals surface area contributed by atoms with Crippen molar-refractivity contribution in [2.24, 2.45) is 5.92 Å². The van der Waals surface area contributed by atoms with E-state index >= 15 is 0 Å². The van der Waals surface area contributed by atoms with Crippen molar-refractivity contribution in [2.75, 3.05) is 6.54 Å². The van der Waals surface area contributed by atoms with Crippen LogP contribution in [0.1, 0.15) is 33.6 Å². The summed E-state index contributed by atoms with van der Waals surface area (Å²) in [5.41, 5.74) is 2.80. The van der Waals surface area contributed by atoms with Gasteiger partial charge in [-0.25, -0.2) is 0 Å². The first-order valence-corrected chi connectivity index (χ1v) is 5.49. The third-order valence-corrected chi connectivity index (χ3v) is 2.75. The summed E-state index contributed by atoms with van der Waals surface area (Å²) in [5, 5.41) is 3.46. The molecule has 1 heterocycles. The van der Waals surface area contributed by atoms with Crippen molar-refractivity contribution in [1.29, 1.82) is 0 Å². The van der Waals surface area contributed by atoms with E-state index < -0.39 is 0 Å². The van der Waals surface area contributed by atoms with Gasteiger partial charge in [-0.05, 0) is 38.2 Å². The number of hydrogen-bond acceptors (Lipinski definition) is 1. The summed E-state index contributed by atoms with van der Waals surface area (Å²) >= 11 is 0. The van der Waals surface area contributed by atoms with Crippen LogP contribution in [0.5, 0.6) is 0 Å². The van der Waals surface area contributed by atoms with Gasteiger partial charge in [-0.2, -0.15) is 0 Å². The van der Waals surface area contributed by atoms with Crippen molar-refractivity contribution in [3.63, 3.8) is 0 Å². The fourth-order valence-electron chi connectivity index (χ4n) is 1.87. The van der Waals surface area contributed by atoms with Crippen LogP contribution in [0.15, 0.2) is 35.6 Å². The lowest BCUT2D eigenvalue weighted by Crippen LogP contribution is -2.11. The Kier molecular flexibility index (Phi) is 4.51. The Labute approximate surface area is 87.6 Å². The molecule has 0 radical (unpaired) electrons. The molecule has 78 valence electrons. The Morgan fingerprint density at radius 3 is 2.86 bits per heavy atom. The van der Waals surface area contributed by atoms with Gasteiger partial charge in [-0.1, -0.05) is 31.2 Å². The van der Waals surface area contributed by atoms with E-state index in [1.165, 1.54) is 24.1 Å². The van der Waals surface area contributed by atoms with Crippen LogP contribution in [0.2, 0.25) is 0 Å². The number of nitrogens with one attached hydrogen (secondary N) is 1. The average molecular weight is 191 g/mol. The summed E-state index contributed by atoms with van der Waals surface area (Å²) in [6, 6.07) is 0. The van der Waals surface area contributed by atoms with Gasteiger partial charge in [0.05, 0.1) is 0 Å². The van der Waals surface area contributed by atoms with Gasteiger partial charge in [0.1, 0.15) is 0 Å². The molecular weight excluding hydrogens is 170 g/mol. The van der Waals surface area contributed by atoms with Crippen molar-refractivity contribution in [2.45, 2.75) is 33.6 Å². The van der Waals surface area contributed by atoms with E-state index in [-0.39, 0.29) is 0 Å². The largest absolute Gasteiger partial charge is 0.388 e. The molecule has 14 heavy (non-hydrogen) atoms. The van der Waals surface area contributed by atoms with Gasteiger partial charge in [0.15, 0.2) is 0 Å². The van der Waals surface area contributed by atoms with E-state index in [1.807, 2.05) is 6.92 Å². The van der Waals surface area contributed by atoms with Crippen LogP contribution < -0.4 is 5.32 Å². The molecule has 0 fully saturated rings. The third kappa shape index (κ3) is 3.06. The Bertz CT molecular complexity index is 258. The van der Waals surface area contributed by atoms with Crippen molar-refractivity contribution >= 4 is 0 Å². The molecule has 0 bridgehead atoms. The van der Waals surface area contributed by atoms with Crippen molar-refractivity contribution < 1.29 is 0 Å². The highest BCUT2D eigenvalue weighted by Gasteiger charge is 2.12. The summed E-state index contributed by atoms with van der Waals surface area (Å²) in [4.78, 5) is 0. The van der Waals surface area contributed by atoms with Crippen LogP contribution >= 0.6 is 0 Å². The topological polar surface area (TPSA) is 12.0 Å². The summed E-state index contributed by atoms with van der Waals surface area (Å²) < 4.78 is 0. The first-order valence-electron chi connectivity index (χ1n) is 5.49. The van der Waals surface area contributed by atoms with E-state index in [0.29, 0.717) is 5.92 Å². The normalized spacial score (nSPS) is 24.4. The minimum Gasteiger partial charge on any atom is -0.388 e. The first kappa shape index (κ1) is 11.1. The number of hydrogen-bond donors (Lipinski definition) is 1. The van der Waals surface area contributed by atoms with Gasteiger partial charge in [0.2, 0.25) is 0 Å². The molecule has 1 aliphatic heterocycles. The second kappa shape index (κ2) is 5.69. The Balaban J connectivity index is 2.78. The maximum Gasteiger partial charge on any atom is 0.0144 e. The second-order valence-corrected chi connectivity index (χ2v) is 3.94. The molecule has 1 nitrogen and oxygen atoms in total. The lowest BCUT2D eigenvalue weighted by atomic mass is 9.95. The first-order chi connectivity index (χ1) is 6.75. The zero-order valence-corrected chi connectivity index (χ0v) is 9.51. The Hall–Kier alpha value is -0.980. The predicted octanol–water partition coefficient (Wildman–Crippen LogP) is 3.41. The van der Waals surface area contributed by atoms with E-state index in [2.05, 4.69) is 43.5 Å². The van der Waals surface area contributed by atoms with Crippen LogP contribution in [-0.4, -0.2) is 6.54 Å². The van der Waals surface area contributed by atoms with E-state index in [4.69, 9.17) is 0 Å². The Morgan fingerprint density at radius 2 is 2.14 bits per heavy atom. The lowest BCUT2D eigenvalue weighted by Gasteiger charge is -2.11. The molecule has 0 aromatic carbocycles. The van der Waals surface area contributed by atoms with Gasteiger partial charge in [0.25, 0.3) is 0 Å². The summed E-state index contributed by atoms with van der Waals surface area (Å²) in [6.07, 6.45) is 11.1. The molecule has 0 amide bonds. The van der Waals surface area contributed by atoms with E-state index in [9.17, 15) is 0 Å². The summed E-state index contributed by atoms with van der Waals surface area (Å²) in [6.45, 7) is 7.65. The SMILES string of the molecule is C/C=C/C=C\C1=C(C)NCCCC1C. The van der Waals surface area contributed by atoms with Crippen LogP contribution in [0, 0.1) is 5.92 Å². The second-order valence-electron chi connectivity index (χ2n) is 3.94. The molecule has 0 aromatic heterocycles. The fourth-order valence-corrected chi connectivity index (χ4v) is 1.87. The highest BCUT2D eigenvalue weighted by atomic mass is 14.9. The zero-order valence-electron chi connectivity index (χ0n) is 9.51. The van der Waals surface area contributed by atoms with Gasteiger partial charge >= 0.3 is 0 Å². The molecule has 1 aliphatic rings. The highest BCUT2D eigenvalue weighted by molar-refractivity contribution is 5.28. The van der Waals surface area contributed by atoms with Crippen LogP contribution in [0.3, 0.4) is 0 Å². The van der Waals surface area contributed by atoms with Crippen molar-refractivity contribution in [3.8, 4) is 0 Å². The molecule has 1 heteroatoms. The zero-order chi connectivity index (χ0) is 10.4. The predicted molar refractivity (Wildman–Crippen MR) is 63.1 cm³/mol. The van der Waals surface area contributed by atoms with Crippen LogP contribution in [-0.2, 0) is 0 Å². The molecule has 1 rings (SSSR count). The smallest absolute Gasteiger partial charge is 0.0144 e. The van der Waals surface area contributed by atoms with Crippen molar-refractivity contribution in [1.82, 2.24) is 5.32 Å². The number of rotatable bonds is 2. The lowest BCUT2D eigenvalue weighted by molar-refractivity contribution is 0.602. The molecular formula is C13H21N. The maximum atomic E-state index is 3.46. The molecule has 0 saturated heterocycles. The minimum absolute atomic E-state index is 0.687. The summed E-state index contributed by atoms with van der Waals surface area (Å²) in [7, 11) is 0. The quantitative estimate of drug-likeness (QED) is 0.659. The van der Waals surface area contributed by atoms with Gasteiger partial charge < -0.3 is 5.32 Å². The maximum absolute atomic E-state index is 3.46. The standard InChI is InChI=1S/C13H21N/c1-4-5-6-9-13-11(2)8-7-10-14-12(13)3/h4-6,9,11,14H,7-8,10H2,1-3H3/b5-4+,9-6-. The van der Waals surface area contributed by atoms with Crippen molar-refractivity contribution in [3.05, 3.63) is 35.6 Å². The Morgan fingerprint density at radius 1 is 1.36 bits per heavy atom. The molecule has 1 atom stereocenters. The third-order valence-electron chi connectivity index (χ3n) is 2.75. The van der Waals surface area contributed by atoms with Crippen LogP contribution in [0.4, 0.5) is 0 Å². The molecule has 0 saturated carbocycles. The van der Waals surface area contributed by atoms with Gasteiger partial charge in [-0.3, -0.25) is 0 Å². The van der Waals surface area contributed by atoms with Crippen LogP contribution in [0.25, 0.3) is 0 Å². The molecule has 0 aliphatic carbocycles. The van der Waals surface area contributed by atoms with Gasteiger partial charge in [0, 0.05) is 12.2 Å². The highest BCUT2D eigenvalue weighted by Crippen LogP contribution is 2.22. The number of allylic oxidation sites excluding steroid dienone is 6. The summed E-state index contributed by atoms with van der Waals surface area (Å²) in [5.74, 6) is 0.687. The monoisotopic (exact) mass is 191 g/mol.